The van der Waals surface area contributed by atoms with E-state index in [2.05, 4.69) is 90.4 Å². The Labute approximate surface area is 144 Å². The highest BCUT2D eigenvalue weighted by molar-refractivity contribution is 9.11. The molecule has 0 heterocycles. The Morgan fingerprint density at radius 2 is 1.65 bits per heavy atom. The Hall–Kier alpha value is -0.520. The molecule has 2 aromatic rings. The Morgan fingerprint density at radius 1 is 1.00 bits per heavy atom. The Kier molecular flexibility index (Phi) is 5.52. The van der Waals surface area contributed by atoms with Crippen LogP contribution in [-0.2, 0) is 6.54 Å². The van der Waals surface area contributed by atoms with Gasteiger partial charge in [-0.05, 0) is 80.2 Å². The predicted molar refractivity (Wildman–Crippen MR) is 94.6 cm³/mol. The summed E-state index contributed by atoms with van der Waals surface area (Å²) in [7, 11) is 1.66. The maximum Gasteiger partial charge on any atom is 0.147 e. The van der Waals surface area contributed by atoms with Crippen molar-refractivity contribution in [1.82, 2.24) is 0 Å². The smallest absolute Gasteiger partial charge is 0.147 e. The molecule has 0 aliphatic rings. The number of methoxy groups -OCH3 is 1. The highest BCUT2D eigenvalue weighted by Crippen LogP contribution is 2.34. The van der Waals surface area contributed by atoms with Crippen molar-refractivity contribution < 1.29 is 4.74 Å². The van der Waals surface area contributed by atoms with Gasteiger partial charge in [-0.3, -0.25) is 0 Å². The van der Waals surface area contributed by atoms with Crippen LogP contribution in [0.15, 0.2) is 43.7 Å². The molecule has 2 nitrogen and oxygen atoms in total. The van der Waals surface area contributed by atoms with E-state index in [4.69, 9.17) is 4.74 Å². The number of hydrogen-bond donors (Lipinski definition) is 1. The van der Waals surface area contributed by atoms with Gasteiger partial charge >= 0.3 is 0 Å². The monoisotopic (exact) mass is 461 g/mol. The standard InChI is InChI=1S/C15H14Br3NO/c1-9-3-11(16)7-12(4-9)19-8-10-5-13(17)15(20-2)14(18)6-10/h3-7,19H,8H2,1-2H3. The fraction of sp³-hybridized carbons (Fsp3) is 0.200. The van der Waals surface area contributed by atoms with Crippen molar-refractivity contribution in [1.29, 1.82) is 0 Å². The van der Waals surface area contributed by atoms with Crippen molar-refractivity contribution in [2.45, 2.75) is 13.5 Å². The van der Waals surface area contributed by atoms with Crippen LogP contribution in [0.1, 0.15) is 11.1 Å². The van der Waals surface area contributed by atoms with Crippen molar-refractivity contribution in [2.24, 2.45) is 0 Å². The minimum Gasteiger partial charge on any atom is -0.494 e. The lowest BCUT2D eigenvalue weighted by atomic mass is 10.2. The SMILES string of the molecule is COc1c(Br)cc(CNc2cc(C)cc(Br)c2)cc1Br. The van der Waals surface area contributed by atoms with E-state index >= 15 is 0 Å². The van der Waals surface area contributed by atoms with Crippen LogP contribution < -0.4 is 10.1 Å². The average molecular weight is 464 g/mol. The fourth-order valence-electron chi connectivity index (χ4n) is 1.95. The van der Waals surface area contributed by atoms with Crippen LogP contribution in [0.2, 0.25) is 0 Å². The molecule has 0 radical (unpaired) electrons. The van der Waals surface area contributed by atoms with Crippen LogP contribution in [0.25, 0.3) is 0 Å². The van der Waals surface area contributed by atoms with E-state index in [1.165, 1.54) is 11.1 Å². The highest BCUT2D eigenvalue weighted by atomic mass is 79.9. The molecular formula is C15H14Br3NO. The van der Waals surface area contributed by atoms with Gasteiger partial charge in [0.25, 0.3) is 0 Å². The van der Waals surface area contributed by atoms with Crippen molar-refractivity contribution in [3.63, 3.8) is 0 Å². The van der Waals surface area contributed by atoms with E-state index in [0.717, 1.165) is 31.4 Å². The summed E-state index contributed by atoms with van der Waals surface area (Å²) < 4.78 is 8.27. The van der Waals surface area contributed by atoms with Crippen molar-refractivity contribution in [2.75, 3.05) is 12.4 Å². The number of nitrogens with one attached hydrogen (secondary N) is 1. The number of halogens is 3. The van der Waals surface area contributed by atoms with Gasteiger partial charge in [0, 0.05) is 16.7 Å². The van der Waals surface area contributed by atoms with Crippen molar-refractivity contribution in [3.8, 4) is 5.75 Å². The van der Waals surface area contributed by atoms with E-state index in [9.17, 15) is 0 Å². The largest absolute Gasteiger partial charge is 0.494 e. The van der Waals surface area contributed by atoms with Crippen molar-refractivity contribution in [3.05, 3.63) is 54.9 Å². The Balaban J connectivity index is 2.15. The summed E-state index contributed by atoms with van der Waals surface area (Å²) in [6, 6.07) is 10.4. The second kappa shape index (κ2) is 6.96. The summed E-state index contributed by atoms with van der Waals surface area (Å²) in [6.07, 6.45) is 0. The summed E-state index contributed by atoms with van der Waals surface area (Å²) in [5.41, 5.74) is 3.49. The molecule has 106 valence electrons. The van der Waals surface area contributed by atoms with Gasteiger partial charge in [0.2, 0.25) is 0 Å². The normalized spacial score (nSPS) is 10.4. The number of aryl methyl sites for hydroxylation is 1. The number of hydrogen-bond acceptors (Lipinski definition) is 2. The first-order valence-electron chi connectivity index (χ1n) is 6.02. The molecule has 0 unspecified atom stereocenters. The number of ether oxygens (including phenoxy) is 1. The zero-order valence-electron chi connectivity index (χ0n) is 11.1. The van der Waals surface area contributed by atoms with E-state index in [1.807, 2.05) is 0 Å². The molecule has 0 aliphatic carbocycles. The van der Waals surface area contributed by atoms with Crippen molar-refractivity contribution >= 4 is 53.5 Å². The molecule has 0 spiro atoms. The van der Waals surface area contributed by atoms with E-state index in [-0.39, 0.29) is 0 Å². The molecule has 0 fully saturated rings. The molecule has 0 saturated carbocycles. The molecule has 2 rings (SSSR count). The predicted octanol–water partition coefficient (Wildman–Crippen LogP) is 5.90. The van der Waals surface area contributed by atoms with Gasteiger partial charge in [-0.15, -0.1) is 0 Å². The van der Waals surface area contributed by atoms with Crippen LogP contribution in [0.5, 0.6) is 5.75 Å². The molecule has 0 amide bonds. The molecule has 0 atom stereocenters. The second-order valence-electron chi connectivity index (χ2n) is 4.46. The molecule has 0 saturated heterocycles. The van der Waals surface area contributed by atoms with Crippen LogP contribution >= 0.6 is 47.8 Å². The number of rotatable bonds is 4. The summed E-state index contributed by atoms with van der Waals surface area (Å²) in [4.78, 5) is 0. The third-order valence-electron chi connectivity index (χ3n) is 2.80. The van der Waals surface area contributed by atoms with Gasteiger partial charge < -0.3 is 10.1 Å². The second-order valence-corrected chi connectivity index (χ2v) is 7.09. The maximum absolute atomic E-state index is 5.30. The van der Waals surface area contributed by atoms with Gasteiger partial charge in [-0.2, -0.15) is 0 Å². The average Bonchev–Trinajstić information content (AvgIpc) is 2.35. The van der Waals surface area contributed by atoms with Gasteiger partial charge in [-0.1, -0.05) is 15.9 Å². The lowest BCUT2D eigenvalue weighted by Gasteiger charge is -2.11. The Bertz CT molecular complexity index is 585. The lowest BCUT2D eigenvalue weighted by Crippen LogP contribution is -2.00. The molecule has 1 N–H and O–H groups in total. The molecular weight excluding hydrogens is 450 g/mol. The summed E-state index contributed by atoms with van der Waals surface area (Å²) >= 11 is 10.5. The zero-order chi connectivity index (χ0) is 14.7. The molecule has 0 aliphatic heterocycles. The first kappa shape index (κ1) is 15.9. The van der Waals surface area contributed by atoms with Crippen LogP contribution in [0.4, 0.5) is 5.69 Å². The van der Waals surface area contributed by atoms with Gasteiger partial charge in [0.05, 0.1) is 16.1 Å². The summed E-state index contributed by atoms with van der Waals surface area (Å²) in [5.74, 6) is 0.812. The molecule has 0 bridgehead atoms. The minimum absolute atomic E-state index is 0.747. The fourth-order valence-corrected chi connectivity index (χ4v) is 4.16. The first-order valence-corrected chi connectivity index (χ1v) is 8.40. The minimum atomic E-state index is 0.747. The number of benzene rings is 2. The third-order valence-corrected chi connectivity index (χ3v) is 4.44. The first-order chi connectivity index (χ1) is 9.49. The Morgan fingerprint density at radius 3 is 2.20 bits per heavy atom. The zero-order valence-corrected chi connectivity index (χ0v) is 15.9. The van der Waals surface area contributed by atoms with E-state index < -0.39 is 0 Å². The quantitative estimate of drug-likeness (QED) is 0.609. The summed E-state index contributed by atoms with van der Waals surface area (Å²) in [5, 5.41) is 3.42. The van der Waals surface area contributed by atoms with E-state index in [1.54, 1.807) is 7.11 Å². The van der Waals surface area contributed by atoms with Crippen LogP contribution in [-0.4, -0.2) is 7.11 Å². The molecule has 20 heavy (non-hydrogen) atoms. The third kappa shape index (κ3) is 3.99. The molecule has 5 heteroatoms. The van der Waals surface area contributed by atoms with E-state index in [0.29, 0.717) is 0 Å². The van der Waals surface area contributed by atoms with Gasteiger partial charge in [0.1, 0.15) is 5.75 Å². The highest BCUT2D eigenvalue weighted by Gasteiger charge is 2.07. The molecule has 0 aromatic heterocycles. The summed E-state index contributed by atoms with van der Waals surface area (Å²) in [6.45, 7) is 2.83. The lowest BCUT2D eigenvalue weighted by molar-refractivity contribution is 0.409. The van der Waals surface area contributed by atoms with Crippen LogP contribution in [0.3, 0.4) is 0 Å². The molecule has 2 aromatic carbocycles. The van der Waals surface area contributed by atoms with Gasteiger partial charge in [0.15, 0.2) is 0 Å². The topological polar surface area (TPSA) is 21.3 Å². The maximum atomic E-state index is 5.30. The van der Waals surface area contributed by atoms with Gasteiger partial charge in [-0.25, -0.2) is 0 Å². The number of anilines is 1. The van der Waals surface area contributed by atoms with Crippen LogP contribution in [0, 0.1) is 6.92 Å².